The lowest BCUT2D eigenvalue weighted by Crippen LogP contribution is -2.40. The largest absolute Gasteiger partial charge is 0.489 e. The van der Waals surface area contributed by atoms with Gasteiger partial charge in [0.05, 0.1) is 28.5 Å². The second kappa shape index (κ2) is 13.7. The van der Waals surface area contributed by atoms with Crippen molar-refractivity contribution in [3.8, 4) is 5.75 Å². The molecule has 5 aromatic rings. The molecular formula is C38H33ClN2O4S. The third-order valence-corrected chi connectivity index (χ3v) is 9.15. The maximum absolute atomic E-state index is 14.2. The topological polar surface area (TPSA) is 69.9 Å². The van der Waals surface area contributed by atoms with Gasteiger partial charge in [0.2, 0.25) is 0 Å². The molecule has 0 fully saturated rings. The molecule has 0 N–H and O–H groups in total. The SMILES string of the molecule is CCOC(=O)C1=C(c2ccccc2)N=c2s/c(=C/c3cccc(OCc4ccccc4Cl)c3)c(=O)n2[C@@H]1c1ccc(C(C)C)cc1. The summed E-state index contributed by atoms with van der Waals surface area (Å²) in [6.07, 6.45) is 1.83. The zero-order valence-electron chi connectivity index (χ0n) is 25.8. The van der Waals surface area contributed by atoms with Gasteiger partial charge < -0.3 is 9.47 Å². The number of nitrogens with zero attached hydrogens (tertiary/aromatic N) is 2. The molecule has 0 bridgehead atoms. The van der Waals surface area contributed by atoms with Crippen LogP contribution in [0.1, 0.15) is 60.5 Å². The van der Waals surface area contributed by atoms with Crippen LogP contribution < -0.4 is 19.6 Å². The Labute approximate surface area is 276 Å². The number of benzene rings is 4. The molecule has 0 aliphatic carbocycles. The van der Waals surface area contributed by atoms with Crippen LogP contribution in [0.25, 0.3) is 11.8 Å². The summed E-state index contributed by atoms with van der Waals surface area (Å²) in [5.41, 5.74) is 5.02. The van der Waals surface area contributed by atoms with Crippen molar-refractivity contribution < 1.29 is 14.3 Å². The minimum absolute atomic E-state index is 0.197. The van der Waals surface area contributed by atoms with Gasteiger partial charge in [0, 0.05) is 16.1 Å². The average molecular weight is 649 g/mol. The highest BCUT2D eigenvalue weighted by atomic mass is 35.5. The van der Waals surface area contributed by atoms with E-state index < -0.39 is 12.0 Å². The Morgan fingerprint density at radius 2 is 1.72 bits per heavy atom. The number of hydrogen-bond acceptors (Lipinski definition) is 6. The van der Waals surface area contributed by atoms with E-state index >= 15 is 0 Å². The van der Waals surface area contributed by atoms with Crippen molar-refractivity contribution >= 4 is 40.7 Å². The minimum Gasteiger partial charge on any atom is -0.489 e. The van der Waals surface area contributed by atoms with Gasteiger partial charge >= 0.3 is 5.97 Å². The molecule has 6 nitrogen and oxygen atoms in total. The van der Waals surface area contributed by atoms with Gasteiger partial charge in [-0.1, -0.05) is 122 Å². The molecule has 0 unspecified atom stereocenters. The van der Waals surface area contributed by atoms with E-state index in [-0.39, 0.29) is 12.2 Å². The maximum Gasteiger partial charge on any atom is 0.338 e. The molecule has 0 amide bonds. The van der Waals surface area contributed by atoms with Gasteiger partial charge in [0.1, 0.15) is 12.4 Å². The van der Waals surface area contributed by atoms with Crippen molar-refractivity contribution in [3.63, 3.8) is 0 Å². The zero-order chi connectivity index (χ0) is 32.2. The number of aromatic nitrogens is 1. The molecule has 6 rings (SSSR count). The number of esters is 1. The van der Waals surface area contributed by atoms with Crippen molar-refractivity contribution in [2.75, 3.05) is 6.61 Å². The second-order valence-electron chi connectivity index (χ2n) is 11.2. The molecule has 1 aliphatic rings. The highest BCUT2D eigenvalue weighted by Gasteiger charge is 2.35. The first kappa shape index (κ1) is 31.3. The molecule has 1 atom stereocenters. The fraction of sp³-hybridized carbons (Fsp3) is 0.184. The Balaban J connectivity index is 1.48. The van der Waals surface area contributed by atoms with Crippen LogP contribution in [-0.2, 0) is 16.1 Å². The fourth-order valence-corrected chi connectivity index (χ4v) is 6.63. The van der Waals surface area contributed by atoms with Gasteiger partial charge in [-0.15, -0.1) is 0 Å². The first-order valence-electron chi connectivity index (χ1n) is 15.2. The first-order valence-corrected chi connectivity index (χ1v) is 16.4. The Morgan fingerprint density at radius 3 is 2.43 bits per heavy atom. The lowest BCUT2D eigenvalue weighted by Gasteiger charge is -2.26. The molecule has 4 aromatic carbocycles. The van der Waals surface area contributed by atoms with Gasteiger partial charge in [-0.05, 0) is 53.8 Å². The summed E-state index contributed by atoms with van der Waals surface area (Å²) in [5.74, 6) is 0.488. The van der Waals surface area contributed by atoms with Crippen molar-refractivity contribution in [1.29, 1.82) is 0 Å². The number of rotatable bonds is 9. The Bertz CT molecular complexity index is 2100. The maximum atomic E-state index is 14.2. The molecule has 0 radical (unpaired) electrons. The van der Waals surface area contributed by atoms with Gasteiger partial charge in [0.15, 0.2) is 4.80 Å². The smallest absolute Gasteiger partial charge is 0.338 e. The molecule has 0 spiro atoms. The number of carbonyl (C=O) groups is 1. The van der Waals surface area contributed by atoms with E-state index in [4.69, 9.17) is 26.1 Å². The van der Waals surface area contributed by atoms with Crippen LogP contribution in [-0.4, -0.2) is 17.1 Å². The highest BCUT2D eigenvalue weighted by Crippen LogP contribution is 2.35. The lowest BCUT2D eigenvalue weighted by molar-refractivity contribution is -0.138. The summed E-state index contributed by atoms with van der Waals surface area (Å²) in [6, 6.07) is 32.0. The Morgan fingerprint density at radius 1 is 0.978 bits per heavy atom. The number of hydrogen-bond donors (Lipinski definition) is 0. The van der Waals surface area contributed by atoms with Gasteiger partial charge in [-0.25, -0.2) is 9.79 Å². The number of fused-ring (bicyclic) bond motifs is 1. The minimum atomic E-state index is -0.723. The predicted octanol–water partition coefficient (Wildman–Crippen LogP) is 7.29. The van der Waals surface area contributed by atoms with E-state index in [1.165, 1.54) is 11.3 Å². The third kappa shape index (κ3) is 6.48. The molecule has 0 saturated carbocycles. The highest BCUT2D eigenvalue weighted by molar-refractivity contribution is 7.07. The van der Waals surface area contributed by atoms with E-state index in [1.807, 2.05) is 97.1 Å². The van der Waals surface area contributed by atoms with E-state index in [0.29, 0.717) is 43.9 Å². The molecule has 1 aliphatic heterocycles. The van der Waals surface area contributed by atoms with Crippen molar-refractivity contribution in [3.05, 3.63) is 161 Å². The Kier molecular flexibility index (Phi) is 9.33. The lowest BCUT2D eigenvalue weighted by atomic mass is 9.91. The van der Waals surface area contributed by atoms with Crippen molar-refractivity contribution in [2.45, 2.75) is 39.3 Å². The quantitative estimate of drug-likeness (QED) is 0.157. The Hall–Kier alpha value is -4.72. The molecule has 0 saturated heterocycles. The first-order chi connectivity index (χ1) is 22.3. The number of thiazole rings is 1. The normalized spacial score (nSPS) is 14.6. The van der Waals surface area contributed by atoms with Gasteiger partial charge in [-0.3, -0.25) is 9.36 Å². The third-order valence-electron chi connectivity index (χ3n) is 7.80. The summed E-state index contributed by atoms with van der Waals surface area (Å²) >= 11 is 7.60. The van der Waals surface area contributed by atoms with Crippen molar-refractivity contribution in [1.82, 2.24) is 4.57 Å². The van der Waals surface area contributed by atoms with Crippen LogP contribution in [0, 0.1) is 0 Å². The molecule has 1 aromatic heterocycles. The van der Waals surface area contributed by atoms with Crippen molar-refractivity contribution in [2.24, 2.45) is 4.99 Å². The fourth-order valence-electron chi connectivity index (χ4n) is 5.44. The van der Waals surface area contributed by atoms with E-state index in [0.717, 1.165) is 27.8 Å². The molecule has 8 heteroatoms. The van der Waals surface area contributed by atoms with Crippen LogP contribution in [0.4, 0.5) is 0 Å². The number of halogens is 1. The van der Waals surface area contributed by atoms with E-state index in [9.17, 15) is 9.59 Å². The standard InChI is InChI=1S/C38H33ClN2O4S/c1-4-44-37(43)33-34(27-12-6-5-7-13-27)40-38-41(35(33)28-19-17-26(18-20-28)24(2)3)36(42)32(46-38)22-25-11-10-15-30(21-25)45-23-29-14-8-9-16-31(29)39/h5-22,24,35H,4,23H2,1-3H3/b32-22+/t35-/m1/s1. The summed E-state index contributed by atoms with van der Waals surface area (Å²) in [4.78, 5) is 33.4. The monoisotopic (exact) mass is 648 g/mol. The van der Waals surface area contributed by atoms with Crippen LogP contribution in [0.15, 0.2) is 118 Å². The zero-order valence-corrected chi connectivity index (χ0v) is 27.3. The second-order valence-corrected chi connectivity index (χ2v) is 12.6. The van der Waals surface area contributed by atoms with Gasteiger partial charge in [-0.2, -0.15) is 0 Å². The van der Waals surface area contributed by atoms with Crippen LogP contribution >= 0.6 is 22.9 Å². The summed E-state index contributed by atoms with van der Waals surface area (Å²) in [7, 11) is 0. The summed E-state index contributed by atoms with van der Waals surface area (Å²) < 4.78 is 13.7. The van der Waals surface area contributed by atoms with Crippen LogP contribution in [0.2, 0.25) is 5.02 Å². The molecule has 46 heavy (non-hydrogen) atoms. The summed E-state index contributed by atoms with van der Waals surface area (Å²) in [5, 5.41) is 0.644. The van der Waals surface area contributed by atoms with Crippen LogP contribution in [0.3, 0.4) is 0 Å². The van der Waals surface area contributed by atoms with Crippen LogP contribution in [0.5, 0.6) is 5.75 Å². The molecule has 232 valence electrons. The van der Waals surface area contributed by atoms with E-state index in [1.54, 1.807) is 11.5 Å². The number of carbonyl (C=O) groups excluding carboxylic acids is 1. The predicted molar refractivity (Wildman–Crippen MR) is 184 cm³/mol. The number of ether oxygens (including phenoxy) is 2. The van der Waals surface area contributed by atoms with Gasteiger partial charge in [0.25, 0.3) is 5.56 Å². The molecule has 2 heterocycles. The van der Waals surface area contributed by atoms with E-state index in [2.05, 4.69) is 26.0 Å². The molecular weight excluding hydrogens is 616 g/mol. The summed E-state index contributed by atoms with van der Waals surface area (Å²) in [6.45, 7) is 6.55. The average Bonchev–Trinajstić information content (AvgIpc) is 3.38.